The van der Waals surface area contributed by atoms with Crippen molar-refractivity contribution >= 4 is 17.5 Å². The number of piperidine rings is 1. The van der Waals surface area contributed by atoms with Crippen LogP contribution < -0.4 is 10.2 Å². The predicted molar refractivity (Wildman–Crippen MR) is 87.1 cm³/mol. The molecule has 1 N–H and O–H groups in total. The van der Waals surface area contributed by atoms with Gasteiger partial charge in [-0.1, -0.05) is 19.1 Å². The third-order valence-corrected chi connectivity index (χ3v) is 4.04. The topological polar surface area (TPSA) is 64.8 Å². The maximum absolute atomic E-state index is 9.14. The number of nitrogens with zero attached hydrogens (tertiary/aromatic N) is 4. The first kappa shape index (κ1) is 14.3. The highest BCUT2D eigenvalue weighted by Crippen LogP contribution is 2.23. The van der Waals surface area contributed by atoms with Gasteiger partial charge in [0.2, 0.25) is 5.95 Å². The van der Waals surface area contributed by atoms with E-state index in [0.717, 1.165) is 30.5 Å². The quantitative estimate of drug-likeness (QED) is 0.940. The van der Waals surface area contributed by atoms with E-state index in [1.165, 1.54) is 12.8 Å². The number of aromatic nitrogens is 2. The standard InChI is InChI=1S/C17H19N5/c1-13-7-10-22(11-8-13)16-6-9-19-17(21-16)20-15-5-3-2-4-14(15)12-18/h2-6,9,13H,7-8,10-11H2,1H3,(H,19,20,21). The van der Waals surface area contributed by atoms with Gasteiger partial charge in [-0.05, 0) is 37.0 Å². The van der Waals surface area contributed by atoms with Gasteiger partial charge in [-0.2, -0.15) is 10.2 Å². The molecule has 1 aliphatic heterocycles. The average molecular weight is 293 g/mol. The molecule has 0 bridgehead atoms. The van der Waals surface area contributed by atoms with Crippen molar-refractivity contribution in [3.05, 3.63) is 42.1 Å². The summed E-state index contributed by atoms with van der Waals surface area (Å²) in [6, 6.07) is 11.5. The summed E-state index contributed by atoms with van der Waals surface area (Å²) in [7, 11) is 0. The molecule has 0 atom stereocenters. The molecule has 1 aliphatic rings. The van der Waals surface area contributed by atoms with Crippen molar-refractivity contribution < 1.29 is 0 Å². The molecule has 2 heterocycles. The summed E-state index contributed by atoms with van der Waals surface area (Å²) < 4.78 is 0. The smallest absolute Gasteiger partial charge is 0.229 e. The number of anilines is 3. The van der Waals surface area contributed by atoms with Gasteiger partial charge in [0.15, 0.2) is 0 Å². The molecule has 1 aromatic carbocycles. The van der Waals surface area contributed by atoms with Crippen LogP contribution in [0.1, 0.15) is 25.3 Å². The molecule has 0 aliphatic carbocycles. The van der Waals surface area contributed by atoms with Gasteiger partial charge in [-0.25, -0.2) is 4.98 Å². The molecule has 112 valence electrons. The van der Waals surface area contributed by atoms with E-state index in [1.807, 2.05) is 24.3 Å². The molecular formula is C17H19N5. The Morgan fingerprint density at radius 3 is 2.77 bits per heavy atom. The van der Waals surface area contributed by atoms with Gasteiger partial charge in [0.25, 0.3) is 0 Å². The summed E-state index contributed by atoms with van der Waals surface area (Å²) in [5.41, 5.74) is 1.32. The van der Waals surface area contributed by atoms with Gasteiger partial charge in [0.05, 0.1) is 11.3 Å². The van der Waals surface area contributed by atoms with Crippen LogP contribution in [0.3, 0.4) is 0 Å². The van der Waals surface area contributed by atoms with E-state index >= 15 is 0 Å². The number of hydrogen-bond donors (Lipinski definition) is 1. The first-order chi connectivity index (χ1) is 10.8. The number of rotatable bonds is 3. The van der Waals surface area contributed by atoms with Crippen LogP contribution >= 0.6 is 0 Å². The Morgan fingerprint density at radius 2 is 2.00 bits per heavy atom. The third kappa shape index (κ3) is 3.17. The maximum Gasteiger partial charge on any atom is 0.229 e. The van der Waals surface area contributed by atoms with E-state index in [4.69, 9.17) is 5.26 Å². The van der Waals surface area contributed by atoms with Crippen LogP contribution in [0.5, 0.6) is 0 Å². The second kappa shape index (κ2) is 6.44. The second-order valence-electron chi connectivity index (χ2n) is 5.69. The van der Waals surface area contributed by atoms with E-state index in [9.17, 15) is 0 Å². The predicted octanol–water partition coefficient (Wildman–Crippen LogP) is 3.33. The van der Waals surface area contributed by atoms with Crippen molar-refractivity contribution in [2.45, 2.75) is 19.8 Å². The fraction of sp³-hybridized carbons (Fsp3) is 0.353. The number of benzene rings is 1. The summed E-state index contributed by atoms with van der Waals surface area (Å²) in [5.74, 6) is 2.26. The van der Waals surface area contributed by atoms with Gasteiger partial charge in [0.1, 0.15) is 11.9 Å². The highest BCUT2D eigenvalue weighted by molar-refractivity contribution is 5.63. The number of nitriles is 1. The molecule has 0 saturated carbocycles. The lowest BCUT2D eigenvalue weighted by molar-refractivity contribution is 0.436. The first-order valence-corrected chi connectivity index (χ1v) is 7.60. The Labute approximate surface area is 130 Å². The zero-order chi connectivity index (χ0) is 15.4. The lowest BCUT2D eigenvalue weighted by Gasteiger charge is -2.31. The van der Waals surface area contributed by atoms with E-state index in [1.54, 1.807) is 12.3 Å². The molecule has 5 nitrogen and oxygen atoms in total. The number of hydrogen-bond acceptors (Lipinski definition) is 5. The van der Waals surface area contributed by atoms with Gasteiger partial charge in [-0.3, -0.25) is 0 Å². The van der Waals surface area contributed by atoms with Crippen molar-refractivity contribution in [1.82, 2.24) is 9.97 Å². The minimum absolute atomic E-state index is 0.527. The van der Waals surface area contributed by atoms with E-state index in [0.29, 0.717) is 11.5 Å². The highest BCUT2D eigenvalue weighted by atomic mass is 15.2. The van der Waals surface area contributed by atoms with Crippen molar-refractivity contribution in [2.75, 3.05) is 23.3 Å². The van der Waals surface area contributed by atoms with Crippen molar-refractivity contribution in [3.8, 4) is 6.07 Å². The average Bonchev–Trinajstić information content (AvgIpc) is 2.56. The molecule has 1 fully saturated rings. The molecule has 0 radical (unpaired) electrons. The van der Waals surface area contributed by atoms with Crippen LogP contribution in [0.25, 0.3) is 0 Å². The normalized spacial score (nSPS) is 15.4. The zero-order valence-corrected chi connectivity index (χ0v) is 12.7. The summed E-state index contributed by atoms with van der Waals surface area (Å²) in [4.78, 5) is 11.1. The van der Waals surface area contributed by atoms with Gasteiger partial charge in [0, 0.05) is 19.3 Å². The summed E-state index contributed by atoms with van der Waals surface area (Å²) in [6.45, 7) is 4.36. The Hall–Kier alpha value is -2.61. The zero-order valence-electron chi connectivity index (χ0n) is 12.7. The van der Waals surface area contributed by atoms with Crippen LogP contribution in [0, 0.1) is 17.2 Å². The van der Waals surface area contributed by atoms with Crippen LogP contribution in [-0.2, 0) is 0 Å². The molecule has 2 aromatic rings. The molecular weight excluding hydrogens is 274 g/mol. The fourth-order valence-corrected chi connectivity index (χ4v) is 2.63. The monoisotopic (exact) mass is 293 g/mol. The summed E-state index contributed by atoms with van der Waals surface area (Å²) >= 11 is 0. The van der Waals surface area contributed by atoms with Crippen LogP contribution in [0.2, 0.25) is 0 Å². The van der Waals surface area contributed by atoms with E-state index < -0.39 is 0 Å². The van der Waals surface area contributed by atoms with Gasteiger partial charge in [-0.15, -0.1) is 0 Å². The Morgan fingerprint density at radius 1 is 1.23 bits per heavy atom. The number of nitrogens with one attached hydrogen (secondary N) is 1. The van der Waals surface area contributed by atoms with Crippen molar-refractivity contribution in [1.29, 1.82) is 5.26 Å². The van der Waals surface area contributed by atoms with Crippen LogP contribution in [0.4, 0.5) is 17.5 Å². The summed E-state index contributed by atoms with van der Waals surface area (Å²) in [5, 5.41) is 12.3. The minimum atomic E-state index is 0.527. The number of para-hydroxylation sites is 1. The van der Waals surface area contributed by atoms with Crippen LogP contribution in [0.15, 0.2) is 36.5 Å². The molecule has 0 amide bonds. The highest BCUT2D eigenvalue weighted by Gasteiger charge is 2.17. The van der Waals surface area contributed by atoms with E-state index in [-0.39, 0.29) is 0 Å². The molecule has 3 rings (SSSR count). The molecule has 0 unspecified atom stereocenters. The Balaban J connectivity index is 1.78. The second-order valence-corrected chi connectivity index (χ2v) is 5.69. The van der Waals surface area contributed by atoms with Crippen molar-refractivity contribution in [2.24, 2.45) is 5.92 Å². The largest absolute Gasteiger partial charge is 0.356 e. The molecule has 0 spiro atoms. The fourth-order valence-electron chi connectivity index (χ4n) is 2.63. The maximum atomic E-state index is 9.14. The Bertz CT molecular complexity index is 683. The van der Waals surface area contributed by atoms with Gasteiger partial charge >= 0.3 is 0 Å². The minimum Gasteiger partial charge on any atom is -0.356 e. The molecule has 1 aromatic heterocycles. The third-order valence-electron chi connectivity index (χ3n) is 4.04. The first-order valence-electron chi connectivity index (χ1n) is 7.60. The lowest BCUT2D eigenvalue weighted by atomic mass is 9.99. The SMILES string of the molecule is CC1CCN(c2ccnc(Nc3ccccc3C#N)n2)CC1. The van der Waals surface area contributed by atoms with Crippen LogP contribution in [-0.4, -0.2) is 23.1 Å². The van der Waals surface area contributed by atoms with Crippen molar-refractivity contribution in [3.63, 3.8) is 0 Å². The Kier molecular flexibility index (Phi) is 4.19. The summed E-state index contributed by atoms with van der Waals surface area (Å²) in [6.07, 6.45) is 4.16. The van der Waals surface area contributed by atoms with Gasteiger partial charge < -0.3 is 10.2 Å². The molecule has 22 heavy (non-hydrogen) atoms. The lowest BCUT2D eigenvalue weighted by Crippen LogP contribution is -2.33. The van der Waals surface area contributed by atoms with E-state index in [2.05, 4.69) is 33.2 Å². The molecule has 1 saturated heterocycles. The molecule has 5 heteroatoms.